The fraction of sp³-hybridized carbons (Fsp3) is 0.848. The van der Waals surface area contributed by atoms with Gasteiger partial charge in [-0.05, 0) is 63.2 Å². The van der Waals surface area contributed by atoms with E-state index in [2.05, 4.69) is 12.2 Å². The first-order valence-electron chi connectivity index (χ1n) is 16.5. The molecule has 0 aliphatic heterocycles. The summed E-state index contributed by atoms with van der Waals surface area (Å²) in [5.41, 5.74) is 0. The molecule has 0 aromatic carbocycles. The number of nitrogens with one attached hydrogen (secondary N) is 1. The first kappa shape index (κ1) is 40.1. The van der Waals surface area contributed by atoms with Crippen molar-refractivity contribution in [3.8, 4) is 0 Å². The number of amides is 1. The highest BCUT2D eigenvalue weighted by atomic mass is 16.6. The van der Waals surface area contributed by atoms with Crippen LogP contribution in [0, 0.1) is 23.7 Å². The van der Waals surface area contributed by atoms with E-state index in [9.17, 15) is 24.6 Å². The van der Waals surface area contributed by atoms with Crippen LogP contribution in [-0.4, -0.2) is 107 Å². The molecule has 11 heteroatoms. The Labute approximate surface area is 264 Å². The minimum Gasteiger partial charge on any atom is -0.464 e. The van der Waals surface area contributed by atoms with Gasteiger partial charge in [0.05, 0.1) is 52.4 Å². The normalized spacial score (nSPS) is 19.5. The highest BCUT2D eigenvalue weighted by Crippen LogP contribution is 2.30. The molecule has 0 spiro atoms. The molecule has 6 atom stereocenters. The Kier molecular flexibility index (Phi) is 25.0. The van der Waals surface area contributed by atoms with Crippen molar-refractivity contribution < 1.29 is 48.3 Å². The minimum absolute atomic E-state index is 0.0157. The Morgan fingerprint density at radius 3 is 2.23 bits per heavy atom. The van der Waals surface area contributed by atoms with Crippen molar-refractivity contribution >= 4 is 18.7 Å². The summed E-state index contributed by atoms with van der Waals surface area (Å²) in [5, 5.41) is 23.2. The van der Waals surface area contributed by atoms with E-state index in [1.54, 1.807) is 0 Å². The minimum atomic E-state index is -0.686. The fourth-order valence-corrected chi connectivity index (χ4v) is 5.43. The predicted octanol–water partition coefficient (Wildman–Crippen LogP) is 3.24. The Morgan fingerprint density at radius 1 is 0.955 bits per heavy atom. The number of carbonyl (C=O) groups is 3. The topological polar surface area (TPSA) is 150 Å². The van der Waals surface area contributed by atoms with E-state index in [1.165, 1.54) is 0 Å². The third kappa shape index (κ3) is 20.2. The molecular weight excluding hydrogens is 570 g/mol. The van der Waals surface area contributed by atoms with Crippen LogP contribution < -0.4 is 5.32 Å². The molecule has 2 unspecified atom stereocenters. The van der Waals surface area contributed by atoms with Gasteiger partial charge in [0.2, 0.25) is 5.91 Å². The van der Waals surface area contributed by atoms with Crippen molar-refractivity contribution in [2.45, 2.75) is 90.3 Å². The number of carbonyl (C=O) groups excluding carboxylic acids is 3. The van der Waals surface area contributed by atoms with Crippen LogP contribution in [0.1, 0.15) is 78.1 Å². The van der Waals surface area contributed by atoms with Crippen LogP contribution >= 0.6 is 0 Å². The average molecular weight is 630 g/mol. The van der Waals surface area contributed by atoms with E-state index in [4.69, 9.17) is 23.7 Å². The van der Waals surface area contributed by atoms with E-state index in [0.717, 1.165) is 32.2 Å². The summed E-state index contributed by atoms with van der Waals surface area (Å²) in [5.74, 6) is -0.0449. The Hall–Kier alpha value is -1.89. The Balaban J connectivity index is 2.31. The first-order chi connectivity index (χ1) is 21.4. The summed E-state index contributed by atoms with van der Waals surface area (Å²) in [4.78, 5) is 34.9. The van der Waals surface area contributed by atoms with E-state index in [1.807, 2.05) is 19.1 Å². The number of allylic oxidation sites excluding steroid dienone is 1. The lowest BCUT2D eigenvalue weighted by Crippen LogP contribution is -2.32. The van der Waals surface area contributed by atoms with E-state index in [-0.39, 0.29) is 36.2 Å². The average Bonchev–Trinajstić information content (AvgIpc) is 3.28. The number of aliphatic hydroxyl groups excluding tert-OH is 2. The summed E-state index contributed by atoms with van der Waals surface area (Å²) in [6, 6.07) is 0. The van der Waals surface area contributed by atoms with Crippen molar-refractivity contribution in [3.05, 3.63) is 12.2 Å². The van der Waals surface area contributed by atoms with Gasteiger partial charge in [-0.2, -0.15) is 0 Å². The molecule has 1 aliphatic carbocycles. The van der Waals surface area contributed by atoms with Crippen molar-refractivity contribution in [2.24, 2.45) is 23.7 Å². The van der Waals surface area contributed by atoms with Gasteiger partial charge in [0.25, 0.3) is 6.47 Å². The van der Waals surface area contributed by atoms with Crippen LogP contribution in [0.15, 0.2) is 12.2 Å². The molecule has 0 heterocycles. The van der Waals surface area contributed by atoms with Crippen LogP contribution in [0.2, 0.25) is 0 Å². The largest absolute Gasteiger partial charge is 0.464 e. The molecule has 0 radical (unpaired) electrons. The van der Waals surface area contributed by atoms with E-state index < -0.39 is 12.2 Å². The van der Waals surface area contributed by atoms with Crippen LogP contribution in [0.3, 0.4) is 0 Å². The van der Waals surface area contributed by atoms with Crippen molar-refractivity contribution in [3.63, 3.8) is 0 Å². The van der Waals surface area contributed by atoms with Gasteiger partial charge in [-0.25, -0.2) is 0 Å². The number of hydrogen-bond acceptors (Lipinski definition) is 10. The lowest BCUT2D eigenvalue weighted by Gasteiger charge is -2.30. The molecule has 0 aromatic rings. The van der Waals surface area contributed by atoms with E-state index in [0.29, 0.717) is 104 Å². The molecule has 1 aliphatic rings. The van der Waals surface area contributed by atoms with Gasteiger partial charge in [-0.1, -0.05) is 26.0 Å². The van der Waals surface area contributed by atoms with Crippen LogP contribution in [0.4, 0.5) is 0 Å². The third-order valence-corrected chi connectivity index (χ3v) is 8.01. The summed E-state index contributed by atoms with van der Waals surface area (Å²) in [7, 11) is 0. The summed E-state index contributed by atoms with van der Waals surface area (Å²) >= 11 is 0. The third-order valence-electron chi connectivity index (χ3n) is 8.01. The van der Waals surface area contributed by atoms with Gasteiger partial charge in [-0.15, -0.1) is 0 Å². The Bertz CT molecular complexity index is 752. The highest BCUT2D eigenvalue weighted by Gasteiger charge is 2.29. The fourth-order valence-electron chi connectivity index (χ4n) is 5.43. The number of ether oxygens (including phenoxy) is 5. The molecule has 0 bridgehead atoms. The second-order valence-electron chi connectivity index (χ2n) is 11.7. The van der Waals surface area contributed by atoms with E-state index >= 15 is 0 Å². The van der Waals surface area contributed by atoms with Gasteiger partial charge < -0.3 is 44.0 Å². The summed E-state index contributed by atoms with van der Waals surface area (Å²) in [6.45, 7) is 9.17. The number of hydrogen-bond donors (Lipinski definition) is 3. The van der Waals surface area contributed by atoms with Gasteiger partial charge in [-0.3, -0.25) is 9.59 Å². The zero-order valence-corrected chi connectivity index (χ0v) is 27.1. The monoisotopic (exact) mass is 629 g/mol. The number of rotatable bonds is 29. The summed E-state index contributed by atoms with van der Waals surface area (Å²) in [6.07, 6.45) is 10.3. The molecule has 1 amide bonds. The highest BCUT2D eigenvalue weighted by molar-refractivity contribution is 5.75. The van der Waals surface area contributed by atoms with Crippen molar-refractivity contribution in [2.75, 3.05) is 66.0 Å². The van der Waals surface area contributed by atoms with Gasteiger partial charge in [0.15, 0.2) is 0 Å². The molecule has 0 saturated heterocycles. The van der Waals surface area contributed by atoms with Gasteiger partial charge >= 0.3 is 0 Å². The number of aliphatic hydroxyl groups is 2. The molecular formula is C33H59NO10. The molecule has 0 saturated carbocycles. The molecule has 1 rings (SSSR count). The van der Waals surface area contributed by atoms with Crippen LogP contribution in [0.25, 0.3) is 0 Å². The lowest BCUT2D eigenvalue weighted by molar-refractivity contribution is -0.138. The van der Waals surface area contributed by atoms with Crippen molar-refractivity contribution in [1.82, 2.24) is 5.32 Å². The molecule has 3 N–H and O–H groups in total. The van der Waals surface area contributed by atoms with Crippen LogP contribution in [0.5, 0.6) is 0 Å². The zero-order valence-electron chi connectivity index (χ0n) is 27.1. The first-order valence-corrected chi connectivity index (χ1v) is 16.5. The quantitative estimate of drug-likeness (QED) is 0.0639. The van der Waals surface area contributed by atoms with Gasteiger partial charge in [0, 0.05) is 44.4 Å². The molecule has 0 aromatic heterocycles. The van der Waals surface area contributed by atoms with Crippen molar-refractivity contribution in [1.29, 1.82) is 0 Å². The smallest absolute Gasteiger partial charge is 0.293 e. The van der Waals surface area contributed by atoms with Crippen LogP contribution in [-0.2, 0) is 38.1 Å². The second kappa shape index (κ2) is 27.4. The molecule has 11 nitrogen and oxygen atoms in total. The maximum atomic E-state index is 12.5. The predicted molar refractivity (Wildman–Crippen MR) is 167 cm³/mol. The Morgan fingerprint density at radius 2 is 1.61 bits per heavy atom. The molecule has 44 heavy (non-hydrogen) atoms. The number of aldehydes is 1. The van der Waals surface area contributed by atoms with Gasteiger partial charge in [0.1, 0.15) is 12.4 Å². The summed E-state index contributed by atoms with van der Waals surface area (Å²) < 4.78 is 27.2. The molecule has 0 fully saturated rings. The lowest BCUT2D eigenvalue weighted by atomic mass is 9.82. The maximum Gasteiger partial charge on any atom is 0.293 e. The second-order valence-corrected chi connectivity index (χ2v) is 11.7. The molecule has 256 valence electrons. The maximum absolute atomic E-state index is 12.5. The standard InChI is InChI=1S/C33H59NO10/c1-3-15-40-17-19-42-21-22-43-20-18-41-16-13-34-33(39)12-10-28(7-5-14-35)23-27(2)32(44-26-37)24-31(38)30-8-4-6-29(25-36)9-11-30/h4,8,25-32,35,38H,3,5-7,9-24H2,1-2H3,(H,34,39)/t27-,28?,29+,30+,31-,32?/m1/s1. The SMILES string of the molecule is CCCOCCOCCOCCOCCNC(=O)CCC(CCCO)C[C@@H](C)C(C[C@@H](O)[C@H]1C=CC[C@H](C=O)CC1)OC=O. The zero-order chi connectivity index (χ0) is 32.3.